The average Bonchev–Trinajstić information content (AvgIpc) is 2.00. The molecular weight excluding hydrogens is 238 g/mol. The highest BCUT2D eigenvalue weighted by atomic mass is 33.8. The Morgan fingerprint density at radius 3 is 2.91 bits per heavy atom. The quantitative estimate of drug-likeness (QED) is 0.657. The zero-order valence-electron chi connectivity index (χ0n) is 5.26. The van der Waals surface area contributed by atoms with Gasteiger partial charge in [0, 0.05) is 25.1 Å². The molecule has 62 valence electrons. The van der Waals surface area contributed by atoms with Crippen LogP contribution in [0.15, 0.2) is 23.0 Å². The first-order chi connectivity index (χ1) is 5.21. The van der Waals surface area contributed by atoms with E-state index in [9.17, 15) is 4.21 Å². The third-order valence-electron chi connectivity index (χ3n) is 0.699. The van der Waals surface area contributed by atoms with Gasteiger partial charge >= 0.3 is 0 Å². The molecular formula is C4H5NOS5. The van der Waals surface area contributed by atoms with E-state index in [0.717, 1.165) is 9.83 Å². The molecule has 0 aromatic carbocycles. The van der Waals surface area contributed by atoms with Crippen molar-refractivity contribution < 1.29 is 4.21 Å². The summed E-state index contributed by atoms with van der Waals surface area (Å²) >= 11 is 0. The van der Waals surface area contributed by atoms with Crippen LogP contribution in [0.4, 0.5) is 0 Å². The van der Waals surface area contributed by atoms with Gasteiger partial charge in [0.05, 0.1) is 0 Å². The molecule has 1 N–H and O–H groups in total. The van der Waals surface area contributed by atoms with Crippen LogP contribution in [0.5, 0.6) is 0 Å². The molecule has 0 radical (unpaired) electrons. The topological polar surface area (TPSA) is 40.9 Å². The van der Waals surface area contributed by atoms with Crippen molar-refractivity contribution in [2.24, 2.45) is 0 Å². The fourth-order valence-corrected chi connectivity index (χ4v) is 9.69. The van der Waals surface area contributed by atoms with Crippen molar-refractivity contribution in [1.82, 2.24) is 0 Å². The molecule has 0 saturated heterocycles. The van der Waals surface area contributed by atoms with Crippen molar-refractivity contribution in [3.8, 4) is 0 Å². The van der Waals surface area contributed by atoms with E-state index in [2.05, 4.69) is 0 Å². The van der Waals surface area contributed by atoms with E-state index < -0.39 is 8.76 Å². The van der Waals surface area contributed by atoms with Crippen LogP contribution in [0.2, 0.25) is 0 Å². The smallest absolute Gasteiger partial charge is 0.129 e. The Hall–Kier alpha value is 0.830. The maximum Gasteiger partial charge on any atom is 0.129 e. The number of rotatable bonds is 0. The molecule has 0 bridgehead atoms. The van der Waals surface area contributed by atoms with E-state index in [0.29, 0.717) is 0 Å². The third kappa shape index (κ3) is 4.41. The highest BCUT2D eigenvalue weighted by molar-refractivity contribution is 9.35. The van der Waals surface area contributed by atoms with Gasteiger partial charge in [0.1, 0.15) is 8.76 Å². The summed E-state index contributed by atoms with van der Waals surface area (Å²) in [5.74, 6) is 0. The highest BCUT2D eigenvalue weighted by Gasteiger charge is 2.03. The monoisotopic (exact) mass is 243 g/mol. The fraction of sp³-hybridized carbons (Fsp3) is 0. The number of hydrogen-bond donors (Lipinski definition) is 1. The summed E-state index contributed by atoms with van der Waals surface area (Å²) in [5, 5.41) is 3.32. The Balaban J connectivity index is 2.72. The van der Waals surface area contributed by atoms with Crippen LogP contribution in [0.1, 0.15) is 0 Å². The lowest BCUT2D eigenvalue weighted by Gasteiger charge is -1.95. The molecule has 0 aliphatic carbocycles. The second kappa shape index (κ2) is 4.76. The maximum absolute atomic E-state index is 11.2. The summed E-state index contributed by atoms with van der Waals surface area (Å²) in [5.41, 5.74) is 0. The molecule has 1 atom stereocenters. The maximum atomic E-state index is 11.2. The van der Waals surface area contributed by atoms with Gasteiger partial charge in [-0.1, -0.05) is 22.9 Å². The standard InChI is InChI=1S/C4H5NOS5/c5-11(6)4-2-1-3-7-8-9-10-11/h1-5H/b3-1+,4-2-/t11-/m0/s1. The lowest BCUT2D eigenvalue weighted by Crippen LogP contribution is -1.78. The molecule has 0 aromatic rings. The zero-order chi connectivity index (χ0) is 8.16. The molecule has 1 rings (SSSR count). The minimum absolute atomic E-state index is 1.09. The summed E-state index contributed by atoms with van der Waals surface area (Å²) in [6.07, 6.45) is 3.44. The lowest BCUT2D eigenvalue weighted by atomic mass is 10.6. The molecule has 1 aliphatic heterocycles. The Labute approximate surface area is 80.6 Å². The van der Waals surface area contributed by atoms with Crippen molar-refractivity contribution in [3.05, 3.63) is 23.0 Å². The van der Waals surface area contributed by atoms with E-state index in [4.69, 9.17) is 4.78 Å². The third-order valence-corrected chi connectivity index (χ3v) is 10.2. The largest absolute Gasteiger partial charge is 0.240 e. The molecule has 7 heteroatoms. The Morgan fingerprint density at radius 2 is 2.09 bits per heavy atom. The Bertz CT molecular complexity index is 266. The number of hydrogen-bond acceptors (Lipinski definition) is 6. The first kappa shape index (κ1) is 9.91. The van der Waals surface area contributed by atoms with Crippen LogP contribution < -0.4 is 0 Å². The second-order valence-electron chi connectivity index (χ2n) is 1.50. The van der Waals surface area contributed by atoms with Crippen molar-refractivity contribution in [1.29, 1.82) is 4.78 Å². The minimum Gasteiger partial charge on any atom is -0.240 e. The van der Waals surface area contributed by atoms with Crippen LogP contribution in [0.3, 0.4) is 0 Å². The van der Waals surface area contributed by atoms with Gasteiger partial charge in [-0.25, -0.2) is 8.99 Å². The molecule has 0 unspecified atom stereocenters. The van der Waals surface area contributed by atoms with Gasteiger partial charge in [0.15, 0.2) is 0 Å². The Kier molecular flexibility index (Phi) is 4.29. The first-order valence-electron chi connectivity index (χ1n) is 2.51. The van der Waals surface area contributed by atoms with E-state index >= 15 is 0 Å². The van der Waals surface area contributed by atoms with Gasteiger partial charge in [-0.05, 0) is 15.2 Å². The van der Waals surface area contributed by atoms with Gasteiger partial charge in [-0.2, -0.15) is 0 Å². The minimum atomic E-state index is -2.55. The SMILES string of the molecule is N=[S@]1(=O)/C=C\C=C\SSSS1. The number of allylic oxidation sites excluding steroid dienone is 2. The summed E-state index contributed by atoms with van der Waals surface area (Å²) < 4.78 is 18.5. The fourth-order valence-electron chi connectivity index (χ4n) is 0.340. The zero-order valence-corrected chi connectivity index (χ0v) is 9.34. The average molecular weight is 243 g/mol. The molecule has 0 aromatic heterocycles. The molecule has 11 heavy (non-hydrogen) atoms. The van der Waals surface area contributed by atoms with E-state index in [1.807, 2.05) is 5.41 Å². The van der Waals surface area contributed by atoms with Gasteiger partial charge in [-0.3, -0.25) is 0 Å². The molecule has 0 fully saturated rings. The van der Waals surface area contributed by atoms with Crippen LogP contribution in [0, 0.1) is 4.78 Å². The van der Waals surface area contributed by atoms with E-state index in [1.54, 1.807) is 22.9 Å². The van der Waals surface area contributed by atoms with Crippen molar-refractivity contribution in [2.75, 3.05) is 0 Å². The summed E-state index contributed by atoms with van der Waals surface area (Å²) in [7, 11) is 3.00. The first-order valence-corrected chi connectivity index (χ1v) is 9.53. The summed E-state index contributed by atoms with van der Waals surface area (Å²) in [6.45, 7) is 0. The van der Waals surface area contributed by atoms with Crippen LogP contribution in [-0.4, -0.2) is 4.21 Å². The molecule has 0 amide bonds. The Morgan fingerprint density at radius 1 is 1.27 bits per heavy atom. The van der Waals surface area contributed by atoms with Gasteiger partial charge in [-0.15, -0.1) is 0 Å². The molecule has 0 saturated carbocycles. The van der Waals surface area contributed by atoms with Crippen molar-refractivity contribution in [3.63, 3.8) is 0 Å². The molecule has 1 heterocycles. The molecule has 2 nitrogen and oxygen atoms in total. The summed E-state index contributed by atoms with van der Waals surface area (Å²) in [6, 6.07) is 0. The highest BCUT2D eigenvalue weighted by Crippen LogP contribution is 2.47. The predicted octanol–water partition coefficient (Wildman–Crippen LogP) is 3.67. The lowest BCUT2D eigenvalue weighted by molar-refractivity contribution is 0.690. The predicted molar refractivity (Wildman–Crippen MR) is 59.5 cm³/mol. The van der Waals surface area contributed by atoms with Crippen molar-refractivity contribution >= 4 is 49.0 Å². The van der Waals surface area contributed by atoms with Gasteiger partial charge in [0.25, 0.3) is 0 Å². The van der Waals surface area contributed by atoms with Crippen LogP contribution in [-0.2, 0) is 8.76 Å². The van der Waals surface area contributed by atoms with Crippen LogP contribution >= 0.6 is 40.3 Å². The van der Waals surface area contributed by atoms with Crippen molar-refractivity contribution in [2.45, 2.75) is 0 Å². The van der Waals surface area contributed by atoms with Gasteiger partial charge in [0.2, 0.25) is 0 Å². The molecule has 1 aliphatic rings. The normalized spacial score (nSPS) is 38.2. The van der Waals surface area contributed by atoms with Gasteiger partial charge < -0.3 is 0 Å². The second-order valence-corrected chi connectivity index (χ2v) is 10.7. The van der Waals surface area contributed by atoms with Crippen LogP contribution in [0.25, 0.3) is 0 Å². The number of nitrogens with one attached hydrogen (secondary N) is 1. The molecule has 0 spiro atoms. The van der Waals surface area contributed by atoms with E-state index in [-0.39, 0.29) is 0 Å². The van der Waals surface area contributed by atoms with E-state index in [1.165, 1.54) is 25.1 Å². The summed E-state index contributed by atoms with van der Waals surface area (Å²) in [4.78, 5) is 0.